The van der Waals surface area contributed by atoms with Crippen LogP contribution in [0.5, 0.6) is 0 Å². The summed E-state index contributed by atoms with van der Waals surface area (Å²) in [6.07, 6.45) is 0. The topological polar surface area (TPSA) is 44.5 Å². The summed E-state index contributed by atoms with van der Waals surface area (Å²) in [6.45, 7) is 10.4. The maximum atomic E-state index is 5.74. The second-order valence-electron chi connectivity index (χ2n) is 4.39. The molecule has 3 nitrogen and oxygen atoms in total. The van der Waals surface area contributed by atoms with Crippen molar-refractivity contribution < 1.29 is 9.78 Å². The second kappa shape index (κ2) is 4.80. The highest BCUT2D eigenvalue weighted by atomic mass is 17.2. The molecule has 74 valence electrons. The lowest BCUT2D eigenvalue weighted by Crippen LogP contribution is -2.33. The monoisotopic (exact) mass is 175 g/mol. The van der Waals surface area contributed by atoms with E-state index in [4.69, 9.17) is 15.5 Å². The van der Waals surface area contributed by atoms with Gasteiger partial charge in [-0.05, 0) is 26.7 Å². The Bertz CT molecular complexity index is 118. The Balaban J connectivity index is 3.44. The van der Waals surface area contributed by atoms with E-state index in [2.05, 4.69) is 13.8 Å². The Morgan fingerprint density at radius 1 is 1.25 bits per heavy atom. The Morgan fingerprint density at radius 3 is 2.08 bits per heavy atom. The van der Waals surface area contributed by atoms with E-state index in [0.29, 0.717) is 12.5 Å². The first-order valence-electron chi connectivity index (χ1n) is 4.39. The van der Waals surface area contributed by atoms with Gasteiger partial charge in [-0.15, -0.1) is 0 Å². The highest BCUT2D eigenvalue weighted by Crippen LogP contribution is 2.08. The minimum atomic E-state index is -0.253. The van der Waals surface area contributed by atoms with Gasteiger partial charge in [0.1, 0.15) is 0 Å². The lowest BCUT2D eigenvalue weighted by molar-refractivity contribution is -0.350. The quantitative estimate of drug-likeness (QED) is 0.522. The molecule has 0 aromatic carbocycles. The smallest absolute Gasteiger partial charge is 0.0975 e. The van der Waals surface area contributed by atoms with E-state index >= 15 is 0 Å². The fourth-order valence-corrected chi connectivity index (χ4v) is 0.482. The second-order valence-corrected chi connectivity index (χ2v) is 4.39. The van der Waals surface area contributed by atoms with E-state index in [1.165, 1.54) is 0 Å². The van der Waals surface area contributed by atoms with E-state index in [-0.39, 0.29) is 11.6 Å². The lowest BCUT2D eigenvalue weighted by Gasteiger charge is -2.20. The Morgan fingerprint density at radius 2 is 1.75 bits per heavy atom. The van der Waals surface area contributed by atoms with E-state index in [9.17, 15) is 0 Å². The predicted octanol–water partition coefficient (Wildman–Crippen LogP) is 1.72. The SMILES string of the molecule is CC(C)C(N)COOC(C)(C)C. The fraction of sp³-hybridized carbons (Fsp3) is 1.00. The first kappa shape index (κ1) is 11.9. The molecule has 1 atom stereocenters. The lowest BCUT2D eigenvalue weighted by atomic mass is 10.1. The molecule has 0 aromatic heterocycles. The van der Waals surface area contributed by atoms with Crippen LogP contribution in [0.4, 0.5) is 0 Å². The van der Waals surface area contributed by atoms with Crippen LogP contribution in [0, 0.1) is 5.92 Å². The van der Waals surface area contributed by atoms with Crippen LogP contribution in [0.3, 0.4) is 0 Å². The Hall–Kier alpha value is -0.120. The van der Waals surface area contributed by atoms with Gasteiger partial charge < -0.3 is 5.73 Å². The van der Waals surface area contributed by atoms with Gasteiger partial charge in [0.25, 0.3) is 0 Å². The molecule has 0 fully saturated rings. The van der Waals surface area contributed by atoms with Crippen LogP contribution in [0.25, 0.3) is 0 Å². The molecule has 0 amide bonds. The van der Waals surface area contributed by atoms with Gasteiger partial charge in [-0.1, -0.05) is 13.8 Å². The first-order chi connectivity index (χ1) is 5.33. The van der Waals surface area contributed by atoms with Crippen molar-refractivity contribution >= 4 is 0 Å². The first-order valence-corrected chi connectivity index (χ1v) is 4.39. The van der Waals surface area contributed by atoms with Crippen molar-refractivity contribution in [2.24, 2.45) is 11.7 Å². The predicted molar refractivity (Wildman–Crippen MR) is 49.6 cm³/mol. The third-order valence-electron chi connectivity index (χ3n) is 1.43. The third-order valence-corrected chi connectivity index (χ3v) is 1.43. The zero-order valence-electron chi connectivity index (χ0n) is 8.76. The van der Waals surface area contributed by atoms with E-state index in [1.54, 1.807) is 0 Å². The van der Waals surface area contributed by atoms with Crippen LogP contribution in [-0.2, 0) is 9.78 Å². The number of nitrogens with two attached hydrogens (primary N) is 1. The highest BCUT2D eigenvalue weighted by molar-refractivity contribution is 4.63. The summed E-state index contributed by atoms with van der Waals surface area (Å²) in [5.41, 5.74) is 5.49. The molecule has 0 saturated carbocycles. The van der Waals surface area contributed by atoms with Crippen LogP contribution in [0.1, 0.15) is 34.6 Å². The van der Waals surface area contributed by atoms with Crippen LogP contribution < -0.4 is 5.73 Å². The molecular weight excluding hydrogens is 154 g/mol. The van der Waals surface area contributed by atoms with Gasteiger partial charge in [-0.25, -0.2) is 9.78 Å². The average molecular weight is 175 g/mol. The van der Waals surface area contributed by atoms with Gasteiger partial charge in [0.05, 0.1) is 12.2 Å². The number of hydrogen-bond acceptors (Lipinski definition) is 3. The van der Waals surface area contributed by atoms with Gasteiger partial charge in [0.2, 0.25) is 0 Å². The van der Waals surface area contributed by atoms with Gasteiger partial charge in [0, 0.05) is 6.04 Å². The molecule has 0 aromatic rings. The van der Waals surface area contributed by atoms with Crippen molar-refractivity contribution in [1.29, 1.82) is 0 Å². The number of rotatable bonds is 4. The fourth-order valence-electron chi connectivity index (χ4n) is 0.482. The zero-order valence-corrected chi connectivity index (χ0v) is 8.76. The van der Waals surface area contributed by atoms with Crippen LogP contribution in [0.2, 0.25) is 0 Å². The molecule has 3 heteroatoms. The standard InChI is InChI=1S/C9H21NO2/c1-7(2)8(10)6-11-12-9(3,4)5/h7-8H,6,10H2,1-5H3. The highest BCUT2D eigenvalue weighted by Gasteiger charge is 2.13. The normalized spacial score (nSPS) is 15.2. The van der Waals surface area contributed by atoms with Gasteiger partial charge >= 0.3 is 0 Å². The molecule has 0 saturated heterocycles. The Kier molecular flexibility index (Phi) is 4.75. The average Bonchev–Trinajstić information content (AvgIpc) is 1.84. The molecule has 1 unspecified atom stereocenters. The molecule has 0 aliphatic carbocycles. The summed E-state index contributed by atoms with van der Waals surface area (Å²) in [6, 6.07) is 0.0485. The molecule has 0 aliphatic heterocycles. The minimum absolute atomic E-state index is 0.0485. The van der Waals surface area contributed by atoms with E-state index < -0.39 is 0 Å². The van der Waals surface area contributed by atoms with Crippen LogP contribution in [-0.4, -0.2) is 18.2 Å². The molecule has 0 aliphatic rings. The van der Waals surface area contributed by atoms with Crippen molar-refractivity contribution in [2.75, 3.05) is 6.61 Å². The minimum Gasteiger partial charge on any atom is -0.325 e. The molecule has 0 radical (unpaired) electrons. The van der Waals surface area contributed by atoms with Crippen LogP contribution in [0.15, 0.2) is 0 Å². The number of hydrogen-bond donors (Lipinski definition) is 1. The van der Waals surface area contributed by atoms with E-state index in [1.807, 2.05) is 20.8 Å². The third kappa shape index (κ3) is 6.58. The maximum Gasteiger partial charge on any atom is 0.0975 e. The summed E-state index contributed by atoms with van der Waals surface area (Å²) in [4.78, 5) is 10.1. The molecule has 12 heavy (non-hydrogen) atoms. The molecular formula is C9H21NO2. The van der Waals surface area contributed by atoms with Crippen LogP contribution >= 0.6 is 0 Å². The maximum absolute atomic E-state index is 5.74. The van der Waals surface area contributed by atoms with Crippen molar-refractivity contribution in [3.63, 3.8) is 0 Å². The summed E-state index contributed by atoms with van der Waals surface area (Å²) in [5, 5.41) is 0. The largest absolute Gasteiger partial charge is 0.325 e. The van der Waals surface area contributed by atoms with Crippen molar-refractivity contribution in [3.8, 4) is 0 Å². The molecule has 2 N–H and O–H groups in total. The molecule has 0 spiro atoms. The Labute approximate surface area is 75.2 Å². The summed E-state index contributed by atoms with van der Waals surface area (Å²) in [7, 11) is 0. The van der Waals surface area contributed by atoms with E-state index in [0.717, 1.165) is 0 Å². The summed E-state index contributed by atoms with van der Waals surface area (Å²) in [5.74, 6) is 0.425. The van der Waals surface area contributed by atoms with Gasteiger partial charge in [0.15, 0.2) is 0 Å². The molecule has 0 heterocycles. The van der Waals surface area contributed by atoms with Crippen molar-refractivity contribution in [2.45, 2.75) is 46.3 Å². The summed E-state index contributed by atoms with van der Waals surface area (Å²) < 4.78 is 0. The van der Waals surface area contributed by atoms with Gasteiger partial charge in [-0.3, -0.25) is 0 Å². The molecule has 0 rings (SSSR count). The zero-order chi connectivity index (χ0) is 9.78. The van der Waals surface area contributed by atoms with Crippen molar-refractivity contribution in [3.05, 3.63) is 0 Å². The van der Waals surface area contributed by atoms with Gasteiger partial charge in [-0.2, -0.15) is 0 Å². The van der Waals surface area contributed by atoms with Crippen molar-refractivity contribution in [1.82, 2.24) is 0 Å². The molecule has 0 bridgehead atoms. The summed E-state index contributed by atoms with van der Waals surface area (Å²) >= 11 is 0.